The molecule has 0 fully saturated rings. The highest BCUT2D eigenvalue weighted by atomic mass is 35.5. The Kier molecular flexibility index (Phi) is 8.94. The molecule has 9 nitrogen and oxygen atoms in total. The molecule has 0 saturated heterocycles. The van der Waals surface area contributed by atoms with Crippen molar-refractivity contribution in [2.24, 2.45) is 0 Å². The predicted octanol–water partition coefficient (Wildman–Crippen LogP) is 1.95. The molecule has 0 saturated carbocycles. The molecule has 32 heavy (non-hydrogen) atoms. The summed E-state index contributed by atoms with van der Waals surface area (Å²) in [6.07, 6.45) is 2.95. The van der Waals surface area contributed by atoms with Gasteiger partial charge in [0.1, 0.15) is 6.54 Å². The maximum atomic E-state index is 12.5. The molecular weight excluding hydrogens is 458 g/mol. The van der Waals surface area contributed by atoms with Crippen molar-refractivity contribution in [3.63, 3.8) is 0 Å². The smallest absolute Gasteiger partial charge is 0.325 e. The van der Waals surface area contributed by atoms with Crippen molar-refractivity contribution in [2.75, 3.05) is 19.0 Å². The van der Waals surface area contributed by atoms with Gasteiger partial charge in [0.15, 0.2) is 0 Å². The van der Waals surface area contributed by atoms with Crippen molar-refractivity contribution >= 4 is 51.2 Å². The number of anilines is 1. The summed E-state index contributed by atoms with van der Waals surface area (Å²) in [5, 5.41) is 5.47. The molecule has 0 bridgehead atoms. The van der Waals surface area contributed by atoms with Crippen molar-refractivity contribution in [3.05, 3.63) is 65.2 Å². The molecule has 0 aliphatic carbocycles. The third-order valence-corrected chi connectivity index (χ3v) is 5.90. The zero-order valence-electron chi connectivity index (χ0n) is 17.3. The first-order chi connectivity index (χ1) is 15.1. The minimum atomic E-state index is -4.01. The van der Waals surface area contributed by atoms with Gasteiger partial charge in [-0.1, -0.05) is 23.7 Å². The first-order valence-corrected chi connectivity index (χ1v) is 11.2. The Balaban J connectivity index is 1.95. The summed E-state index contributed by atoms with van der Waals surface area (Å²) in [7, 11) is -2.84. The van der Waals surface area contributed by atoms with Gasteiger partial charge in [-0.2, -0.15) is 4.72 Å². The maximum Gasteiger partial charge on any atom is 0.325 e. The van der Waals surface area contributed by atoms with Crippen LogP contribution in [0.5, 0.6) is 0 Å². The van der Waals surface area contributed by atoms with Gasteiger partial charge < -0.3 is 15.4 Å². The van der Waals surface area contributed by atoms with Crippen molar-refractivity contribution in [2.45, 2.75) is 17.9 Å². The third-order valence-electron chi connectivity index (χ3n) is 4.09. The SMILES string of the molecule is COC(=O)CNC(=O)[C@H](C)NS(=O)(=O)c1ccc(NC(=O)/C=C/c2ccc(Cl)cc2)cc1. The van der Waals surface area contributed by atoms with Crippen LogP contribution in [0.15, 0.2) is 59.5 Å². The van der Waals surface area contributed by atoms with Crippen LogP contribution in [-0.4, -0.2) is 45.9 Å². The Morgan fingerprint density at radius 2 is 1.69 bits per heavy atom. The van der Waals surface area contributed by atoms with E-state index in [1.165, 1.54) is 44.4 Å². The van der Waals surface area contributed by atoms with Crippen LogP contribution in [0.1, 0.15) is 12.5 Å². The summed E-state index contributed by atoms with van der Waals surface area (Å²) in [4.78, 5) is 34.9. The van der Waals surface area contributed by atoms with Crippen molar-refractivity contribution < 1.29 is 27.5 Å². The summed E-state index contributed by atoms with van der Waals surface area (Å²) in [6.45, 7) is 0.966. The number of halogens is 1. The number of ether oxygens (including phenoxy) is 1. The molecule has 1 atom stereocenters. The molecule has 2 aromatic rings. The van der Waals surface area contributed by atoms with E-state index in [4.69, 9.17) is 11.6 Å². The second-order valence-corrected chi connectivity index (χ2v) is 8.69. The van der Waals surface area contributed by atoms with Gasteiger partial charge in [0, 0.05) is 16.8 Å². The first kappa shape index (κ1) is 25.1. The largest absolute Gasteiger partial charge is 0.468 e. The number of carbonyl (C=O) groups excluding carboxylic acids is 3. The van der Waals surface area contributed by atoms with Gasteiger partial charge in [0.05, 0.1) is 18.0 Å². The topological polar surface area (TPSA) is 131 Å². The minimum Gasteiger partial charge on any atom is -0.468 e. The second kappa shape index (κ2) is 11.4. The van der Waals surface area contributed by atoms with Crippen LogP contribution >= 0.6 is 11.6 Å². The molecule has 0 aliphatic rings. The number of hydrogen-bond acceptors (Lipinski definition) is 6. The van der Waals surface area contributed by atoms with Gasteiger partial charge >= 0.3 is 5.97 Å². The number of methoxy groups -OCH3 is 1. The quantitative estimate of drug-likeness (QED) is 0.372. The highest BCUT2D eigenvalue weighted by Crippen LogP contribution is 2.15. The summed E-state index contributed by atoms with van der Waals surface area (Å²) in [5.41, 5.74) is 1.18. The van der Waals surface area contributed by atoms with Crippen LogP contribution in [0.25, 0.3) is 6.08 Å². The Morgan fingerprint density at radius 3 is 2.28 bits per heavy atom. The Bertz CT molecular complexity index is 1100. The van der Waals surface area contributed by atoms with Crippen molar-refractivity contribution in [1.82, 2.24) is 10.0 Å². The second-order valence-electron chi connectivity index (χ2n) is 6.54. The molecule has 3 N–H and O–H groups in total. The van der Waals surface area contributed by atoms with Gasteiger partial charge in [-0.25, -0.2) is 8.42 Å². The highest BCUT2D eigenvalue weighted by Gasteiger charge is 2.22. The van der Waals surface area contributed by atoms with Crippen molar-refractivity contribution in [1.29, 1.82) is 0 Å². The fourth-order valence-electron chi connectivity index (χ4n) is 2.39. The molecule has 0 aromatic heterocycles. The molecule has 0 spiro atoms. The number of benzene rings is 2. The van der Waals surface area contributed by atoms with Gasteiger partial charge in [0.25, 0.3) is 0 Å². The summed E-state index contributed by atoms with van der Waals surface area (Å²) in [6, 6.07) is 11.2. The molecule has 2 amide bonds. The molecule has 0 radical (unpaired) electrons. The predicted molar refractivity (Wildman–Crippen MR) is 120 cm³/mol. The summed E-state index contributed by atoms with van der Waals surface area (Å²) < 4.78 is 31.6. The van der Waals surface area contributed by atoms with Crippen LogP contribution in [-0.2, 0) is 29.1 Å². The van der Waals surface area contributed by atoms with E-state index in [-0.39, 0.29) is 11.4 Å². The molecule has 0 unspecified atom stereocenters. The lowest BCUT2D eigenvalue weighted by Gasteiger charge is -2.14. The average Bonchev–Trinajstić information content (AvgIpc) is 2.76. The Morgan fingerprint density at radius 1 is 1.06 bits per heavy atom. The molecular formula is C21H22ClN3O6S. The van der Waals surface area contributed by atoms with Gasteiger partial charge in [-0.15, -0.1) is 0 Å². The van der Waals surface area contributed by atoms with Crippen LogP contribution in [0.3, 0.4) is 0 Å². The summed E-state index contributed by atoms with van der Waals surface area (Å²) >= 11 is 5.81. The fraction of sp³-hybridized carbons (Fsp3) is 0.190. The number of sulfonamides is 1. The molecule has 0 heterocycles. The zero-order chi connectivity index (χ0) is 23.7. The molecule has 2 aromatic carbocycles. The molecule has 11 heteroatoms. The van der Waals surface area contributed by atoms with Crippen LogP contribution in [0, 0.1) is 0 Å². The molecule has 0 aliphatic heterocycles. The zero-order valence-corrected chi connectivity index (χ0v) is 18.9. The number of nitrogens with one attached hydrogen (secondary N) is 3. The number of esters is 1. The van der Waals surface area contributed by atoms with Gasteiger partial charge in [-0.3, -0.25) is 14.4 Å². The van der Waals surface area contributed by atoms with Gasteiger partial charge in [0.2, 0.25) is 21.8 Å². The van der Waals surface area contributed by atoms with Crippen LogP contribution in [0.4, 0.5) is 5.69 Å². The normalized spacial score (nSPS) is 12.2. The van der Waals surface area contributed by atoms with Crippen LogP contribution in [0.2, 0.25) is 5.02 Å². The number of amides is 2. The Hall–Kier alpha value is -3.21. The Labute approximate surface area is 190 Å². The highest BCUT2D eigenvalue weighted by molar-refractivity contribution is 7.89. The van der Waals surface area contributed by atoms with Crippen molar-refractivity contribution in [3.8, 4) is 0 Å². The third kappa shape index (κ3) is 7.80. The number of carbonyl (C=O) groups is 3. The van der Waals surface area contributed by atoms with E-state index >= 15 is 0 Å². The number of rotatable bonds is 9. The van der Waals surface area contributed by atoms with E-state index in [0.717, 1.165) is 5.56 Å². The standard InChI is InChI=1S/C21H22ClN3O6S/c1-14(21(28)23-13-20(27)31-2)25-32(29,30)18-10-8-17(9-11-18)24-19(26)12-5-15-3-6-16(22)7-4-15/h3-12,14,25H,13H2,1-2H3,(H,23,28)(H,24,26)/b12-5+/t14-/m0/s1. The monoisotopic (exact) mass is 479 g/mol. The van der Waals surface area contributed by atoms with E-state index in [9.17, 15) is 22.8 Å². The first-order valence-electron chi connectivity index (χ1n) is 9.32. The van der Waals surface area contributed by atoms with Crippen LogP contribution < -0.4 is 15.4 Å². The fourth-order valence-corrected chi connectivity index (χ4v) is 3.71. The van der Waals surface area contributed by atoms with E-state index in [1.807, 2.05) is 0 Å². The van der Waals surface area contributed by atoms with E-state index in [1.54, 1.807) is 30.3 Å². The van der Waals surface area contributed by atoms with E-state index in [2.05, 4.69) is 20.1 Å². The lowest BCUT2D eigenvalue weighted by Crippen LogP contribution is -2.46. The minimum absolute atomic E-state index is 0.0974. The van der Waals surface area contributed by atoms with E-state index in [0.29, 0.717) is 10.7 Å². The van der Waals surface area contributed by atoms with E-state index < -0.39 is 33.8 Å². The average molecular weight is 480 g/mol. The number of hydrogen-bond donors (Lipinski definition) is 3. The lowest BCUT2D eigenvalue weighted by atomic mass is 10.2. The summed E-state index contributed by atoms with van der Waals surface area (Å²) in [5.74, 6) is -1.74. The molecule has 170 valence electrons. The molecule has 2 rings (SSSR count). The lowest BCUT2D eigenvalue weighted by molar-refractivity contribution is -0.141. The maximum absolute atomic E-state index is 12.5. The van der Waals surface area contributed by atoms with Gasteiger partial charge in [-0.05, 0) is 55.0 Å².